The van der Waals surface area contributed by atoms with Gasteiger partial charge in [-0.15, -0.1) is 0 Å². The molecule has 0 bridgehead atoms. The van der Waals surface area contributed by atoms with Gasteiger partial charge in [0.25, 0.3) is 0 Å². The quantitative estimate of drug-likeness (QED) is 0.842. The number of rotatable bonds is 5. The van der Waals surface area contributed by atoms with E-state index in [0.717, 1.165) is 25.6 Å². The molecule has 0 aromatic carbocycles. The van der Waals surface area contributed by atoms with Crippen LogP contribution in [0.2, 0.25) is 0 Å². The van der Waals surface area contributed by atoms with Crippen molar-refractivity contribution < 1.29 is 4.74 Å². The molecule has 1 saturated carbocycles. The van der Waals surface area contributed by atoms with Crippen LogP contribution in [0.1, 0.15) is 24.1 Å². The first-order valence-corrected chi connectivity index (χ1v) is 8.50. The molecule has 2 aliphatic rings. The van der Waals surface area contributed by atoms with Crippen LogP contribution >= 0.6 is 0 Å². The SMILES string of the molecule is N#Cc1ccc(OCC2CN(CC3CC3)Cc3cncn3C2)nc1. The van der Waals surface area contributed by atoms with Gasteiger partial charge >= 0.3 is 0 Å². The molecule has 2 aromatic rings. The van der Waals surface area contributed by atoms with Gasteiger partial charge in [-0.25, -0.2) is 9.97 Å². The van der Waals surface area contributed by atoms with Crippen molar-refractivity contribution in [3.8, 4) is 11.9 Å². The molecule has 4 rings (SSSR count). The molecule has 0 saturated heterocycles. The van der Waals surface area contributed by atoms with E-state index in [4.69, 9.17) is 10.00 Å². The normalized spacial score (nSPS) is 20.9. The fourth-order valence-corrected chi connectivity index (χ4v) is 3.28. The molecule has 3 heterocycles. The number of hydrogen-bond acceptors (Lipinski definition) is 5. The van der Waals surface area contributed by atoms with Gasteiger partial charge in [0.1, 0.15) is 6.07 Å². The Morgan fingerprint density at radius 1 is 1.21 bits per heavy atom. The van der Waals surface area contributed by atoms with E-state index in [0.29, 0.717) is 24.0 Å². The van der Waals surface area contributed by atoms with Gasteiger partial charge in [-0.1, -0.05) is 0 Å². The van der Waals surface area contributed by atoms with E-state index in [1.807, 2.05) is 12.5 Å². The Kier molecular flexibility index (Phi) is 4.18. The lowest BCUT2D eigenvalue weighted by molar-refractivity contribution is 0.165. The van der Waals surface area contributed by atoms with Crippen molar-refractivity contribution in [3.63, 3.8) is 0 Å². The summed E-state index contributed by atoms with van der Waals surface area (Å²) >= 11 is 0. The lowest BCUT2D eigenvalue weighted by atomic mass is 10.1. The van der Waals surface area contributed by atoms with Gasteiger partial charge in [0.2, 0.25) is 5.88 Å². The highest BCUT2D eigenvalue weighted by Gasteiger charge is 2.28. The molecule has 6 nitrogen and oxygen atoms in total. The van der Waals surface area contributed by atoms with Crippen molar-refractivity contribution in [1.29, 1.82) is 5.26 Å². The van der Waals surface area contributed by atoms with Crippen molar-refractivity contribution in [2.75, 3.05) is 19.7 Å². The Labute approximate surface area is 141 Å². The van der Waals surface area contributed by atoms with E-state index in [-0.39, 0.29) is 0 Å². The van der Waals surface area contributed by atoms with E-state index in [1.54, 1.807) is 18.3 Å². The Balaban J connectivity index is 1.41. The maximum absolute atomic E-state index is 8.83. The molecular formula is C18H21N5O. The minimum absolute atomic E-state index is 0.400. The lowest BCUT2D eigenvalue weighted by Crippen LogP contribution is -2.32. The molecule has 1 atom stereocenters. The third kappa shape index (κ3) is 3.57. The van der Waals surface area contributed by atoms with Crippen LogP contribution in [0.25, 0.3) is 0 Å². The minimum atomic E-state index is 0.400. The number of nitrogens with zero attached hydrogens (tertiary/aromatic N) is 5. The first-order valence-electron chi connectivity index (χ1n) is 8.50. The number of pyridine rings is 1. The van der Waals surface area contributed by atoms with E-state index in [2.05, 4.69) is 25.5 Å². The summed E-state index contributed by atoms with van der Waals surface area (Å²) < 4.78 is 8.12. The zero-order chi connectivity index (χ0) is 16.4. The molecule has 0 radical (unpaired) electrons. The number of aromatic nitrogens is 3. The van der Waals surface area contributed by atoms with Gasteiger partial charge in [0.15, 0.2) is 0 Å². The topological polar surface area (TPSA) is 67.0 Å². The van der Waals surface area contributed by atoms with Crippen LogP contribution in [0, 0.1) is 23.2 Å². The molecule has 0 N–H and O–H groups in total. The van der Waals surface area contributed by atoms with E-state index in [9.17, 15) is 0 Å². The first kappa shape index (κ1) is 15.2. The average molecular weight is 323 g/mol. The monoisotopic (exact) mass is 323 g/mol. The maximum Gasteiger partial charge on any atom is 0.213 e. The van der Waals surface area contributed by atoms with Crippen LogP contribution in [0.3, 0.4) is 0 Å². The molecule has 6 heteroatoms. The number of nitriles is 1. The summed E-state index contributed by atoms with van der Waals surface area (Å²) in [5.41, 5.74) is 1.84. The Bertz CT molecular complexity index is 729. The van der Waals surface area contributed by atoms with Gasteiger partial charge in [-0.05, 0) is 24.8 Å². The average Bonchev–Trinajstić information content (AvgIpc) is 3.35. The molecule has 2 aromatic heterocycles. The highest BCUT2D eigenvalue weighted by atomic mass is 16.5. The third-order valence-corrected chi connectivity index (χ3v) is 4.70. The van der Waals surface area contributed by atoms with E-state index >= 15 is 0 Å². The predicted octanol–water partition coefficient (Wildman–Crippen LogP) is 2.07. The van der Waals surface area contributed by atoms with Crippen molar-refractivity contribution >= 4 is 0 Å². The highest BCUT2D eigenvalue weighted by molar-refractivity contribution is 5.28. The minimum Gasteiger partial charge on any atom is -0.477 e. The fraction of sp³-hybridized carbons (Fsp3) is 0.500. The van der Waals surface area contributed by atoms with Gasteiger partial charge in [-0.3, -0.25) is 4.90 Å². The second-order valence-electron chi connectivity index (χ2n) is 6.85. The predicted molar refractivity (Wildman–Crippen MR) is 88.2 cm³/mol. The second kappa shape index (κ2) is 6.62. The number of imidazole rings is 1. The fourth-order valence-electron chi connectivity index (χ4n) is 3.28. The molecular weight excluding hydrogens is 302 g/mol. The molecule has 24 heavy (non-hydrogen) atoms. The first-order chi connectivity index (χ1) is 11.8. The van der Waals surface area contributed by atoms with Crippen molar-refractivity contribution in [1.82, 2.24) is 19.4 Å². The van der Waals surface area contributed by atoms with Crippen LogP contribution in [-0.4, -0.2) is 39.1 Å². The summed E-state index contributed by atoms with van der Waals surface area (Å²) in [7, 11) is 0. The Morgan fingerprint density at radius 2 is 2.12 bits per heavy atom. The standard InChI is InChI=1S/C18H21N5O/c19-5-15-3-4-18(21-6-15)24-12-16-9-22(8-14-1-2-14)11-17-7-20-13-23(17)10-16/h3-4,6-7,13-14,16H,1-2,8-12H2. The summed E-state index contributed by atoms with van der Waals surface area (Å²) in [5.74, 6) is 1.86. The second-order valence-corrected chi connectivity index (χ2v) is 6.85. The Morgan fingerprint density at radius 3 is 2.88 bits per heavy atom. The van der Waals surface area contributed by atoms with Crippen molar-refractivity contribution in [2.45, 2.75) is 25.9 Å². The van der Waals surface area contributed by atoms with Crippen LogP contribution in [-0.2, 0) is 13.1 Å². The molecule has 1 unspecified atom stereocenters. The molecule has 0 amide bonds. The van der Waals surface area contributed by atoms with Crippen molar-refractivity contribution in [2.24, 2.45) is 11.8 Å². The van der Waals surface area contributed by atoms with Gasteiger partial charge in [0, 0.05) is 50.6 Å². The molecule has 1 aliphatic carbocycles. The van der Waals surface area contributed by atoms with E-state index in [1.165, 1.54) is 25.1 Å². The van der Waals surface area contributed by atoms with Crippen LogP contribution < -0.4 is 4.74 Å². The largest absolute Gasteiger partial charge is 0.477 e. The summed E-state index contributed by atoms with van der Waals surface area (Å²) in [5, 5.41) is 8.83. The molecule has 0 spiro atoms. The van der Waals surface area contributed by atoms with Gasteiger partial charge in [0.05, 0.1) is 24.2 Å². The van der Waals surface area contributed by atoms with Gasteiger partial charge in [-0.2, -0.15) is 5.26 Å². The smallest absolute Gasteiger partial charge is 0.213 e. The third-order valence-electron chi connectivity index (χ3n) is 4.70. The number of hydrogen-bond donors (Lipinski definition) is 0. The van der Waals surface area contributed by atoms with Gasteiger partial charge < -0.3 is 9.30 Å². The molecule has 1 aliphatic heterocycles. The number of fused-ring (bicyclic) bond motifs is 1. The highest BCUT2D eigenvalue weighted by Crippen LogP contribution is 2.31. The maximum atomic E-state index is 8.83. The van der Waals surface area contributed by atoms with Crippen LogP contribution in [0.4, 0.5) is 0 Å². The lowest BCUT2D eigenvalue weighted by Gasteiger charge is -2.23. The summed E-state index contributed by atoms with van der Waals surface area (Å²) in [6.45, 7) is 4.73. The Hall–Kier alpha value is -2.39. The zero-order valence-electron chi connectivity index (χ0n) is 13.6. The molecule has 124 valence electrons. The van der Waals surface area contributed by atoms with Crippen LogP contribution in [0.15, 0.2) is 30.9 Å². The molecule has 1 fully saturated rings. The van der Waals surface area contributed by atoms with E-state index < -0.39 is 0 Å². The van der Waals surface area contributed by atoms with Crippen LogP contribution in [0.5, 0.6) is 5.88 Å². The number of ether oxygens (including phenoxy) is 1. The summed E-state index contributed by atoms with van der Waals surface area (Å²) in [4.78, 5) is 11.0. The summed E-state index contributed by atoms with van der Waals surface area (Å²) in [6.07, 6.45) is 8.18. The summed E-state index contributed by atoms with van der Waals surface area (Å²) in [6, 6.07) is 5.57. The zero-order valence-corrected chi connectivity index (χ0v) is 13.6. The van der Waals surface area contributed by atoms with Crippen molar-refractivity contribution in [3.05, 3.63) is 42.1 Å².